The van der Waals surface area contributed by atoms with Gasteiger partial charge >= 0.3 is 0 Å². The Kier molecular flexibility index (Phi) is 6.57. The number of anilines is 1. The molecule has 2 rings (SSSR count). The van der Waals surface area contributed by atoms with E-state index >= 15 is 0 Å². The van der Waals surface area contributed by atoms with E-state index in [1.807, 2.05) is 0 Å². The third-order valence-corrected chi connectivity index (χ3v) is 5.12. The quantitative estimate of drug-likeness (QED) is 0.689. The summed E-state index contributed by atoms with van der Waals surface area (Å²) in [7, 11) is 2.36. The predicted molar refractivity (Wildman–Crippen MR) is 105 cm³/mol. The van der Waals surface area contributed by atoms with Gasteiger partial charge in [-0.05, 0) is 24.3 Å². The normalized spacial score (nSPS) is 11.4. The molecule has 2 N–H and O–H groups in total. The minimum absolute atomic E-state index is 0.251. The molecule has 0 aliphatic heterocycles. The Morgan fingerprint density at radius 3 is 2.00 bits per heavy atom. The lowest BCUT2D eigenvalue weighted by Crippen LogP contribution is -2.03. The van der Waals surface area contributed by atoms with Crippen molar-refractivity contribution in [2.75, 3.05) is 34.2 Å². The van der Waals surface area contributed by atoms with Crippen LogP contribution in [-0.4, -0.2) is 36.9 Å². The van der Waals surface area contributed by atoms with Crippen LogP contribution in [0.3, 0.4) is 0 Å². The number of benzene rings is 2. The molecule has 0 atom stereocenters. The highest BCUT2D eigenvalue weighted by Gasteiger charge is 2.15. The lowest BCUT2D eigenvalue weighted by Gasteiger charge is -2.12. The maximum absolute atomic E-state index is 12.6. The summed E-state index contributed by atoms with van der Waals surface area (Å²) in [5.74, 6) is 1.60. The van der Waals surface area contributed by atoms with Gasteiger partial charge in [0, 0.05) is 28.8 Å². The first-order valence-electron chi connectivity index (χ1n) is 7.96. The van der Waals surface area contributed by atoms with Gasteiger partial charge in [0.05, 0.1) is 39.8 Å². The van der Waals surface area contributed by atoms with Crippen LogP contribution in [0.2, 0.25) is 0 Å². The number of methoxy groups -OCH3 is 4. The molecule has 7 nitrogen and oxygen atoms in total. The van der Waals surface area contributed by atoms with E-state index in [0.29, 0.717) is 39.8 Å². The molecule has 0 heterocycles. The molecule has 0 radical (unpaired) electrons. The standard InChI is InChI=1S/C19H23NO6S/c1-23-15-10-18(25-3)16(19(11-15)26-4)7-8-27(21,22)12-13-9-14(20)5-6-17(13)24-2/h5-11H,12,20H2,1-4H3/b8-7+. The average Bonchev–Trinajstić information content (AvgIpc) is 2.65. The number of nitrogens with two attached hydrogens (primary N) is 1. The fraction of sp³-hybridized carbons (Fsp3) is 0.263. The van der Waals surface area contributed by atoms with Gasteiger partial charge in [0.15, 0.2) is 9.84 Å². The summed E-state index contributed by atoms with van der Waals surface area (Å²) >= 11 is 0. The van der Waals surface area contributed by atoms with Gasteiger partial charge in [-0.2, -0.15) is 0 Å². The van der Waals surface area contributed by atoms with E-state index in [1.54, 1.807) is 30.3 Å². The number of nitrogen functional groups attached to an aromatic ring is 1. The molecule has 0 unspecified atom stereocenters. The summed E-state index contributed by atoms with van der Waals surface area (Å²) in [6, 6.07) is 8.17. The summed E-state index contributed by atoms with van der Waals surface area (Å²) in [4.78, 5) is 0. The van der Waals surface area contributed by atoms with Crippen molar-refractivity contribution in [2.24, 2.45) is 0 Å². The zero-order valence-corrected chi connectivity index (χ0v) is 16.5. The molecule has 0 saturated carbocycles. The predicted octanol–water partition coefficient (Wildman–Crippen LogP) is 2.89. The molecular weight excluding hydrogens is 370 g/mol. The maximum atomic E-state index is 12.6. The second-order valence-corrected chi connectivity index (χ2v) is 7.51. The largest absolute Gasteiger partial charge is 0.496 e. The zero-order valence-electron chi connectivity index (χ0n) is 15.7. The Hall–Kier alpha value is -2.87. The molecule has 146 valence electrons. The van der Waals surface area contributed by atoms with Crippen LogP contribution in [0.1, 0.15) is 11.1 Å². The SMILES string of the molecule is COc1cc(OC)c(/C=C/S(=O)(=O)Cc2cc(N)ccc2OC)c(OC)c1. The van der Waals surface area contributed by atoms with Crippen LogP contribution in [0.5, 0.6) is 23.0 Å². The molecule has 0 saturated heterocycles. The lowest BCUT2D eigenvalue weighted by molar-refractivity contribution is 0.374. The molecule has 8 heteroatoms. The van der Waals surface area contributed by atoms with Crippen molar-refractivity contribution >= 4 is 21.6 Å². The van der Waals surface area contributed by atoms with Gasteiger partial charge in [0.1, 0.15) is 23.0 Å². The molecule has 27 heavy (non-hydrogen) atoms. The molecule has 0 fully saturated rings. The maximum Gasteiger partial charge on any atom is 0.175 e. The topological polar surface area (TPSA) is 97.1 Å². The Morgan fingerprint density at radius 1 is 0.889 bits per heavy atom. The molecule has 0 aliphatic rings. The van der Waals surface area contributed by atoms with Gasteiger partial charge in [-0.15, -0.1) is 0 Å². The van der Waals surface area contributed by atoms with E-state index in [-0.39, 0.29) is 5.75 Å². The number of hydrogen-bond acceptors (Lipinski definition) is 7. The van der Waals surface area contributed by atoms with Crippen molar-refractivity contribution in [3.63, 3.8) is 0 Å². The molecule has 0 amide bonds. The van der Waals surface area contributed by atoms with E-state index in [1.165, 1.54) is 34.5 Å². The summed E-state index contributed by atoms with van der Waals surface area (Å²) in [6.07, 6.45) is 1.44. The number of hydrogen-bond donors (Lipinski definition) is 1. The van der Waals surface area contributed by atoms with Gasteiger partial charge in [-0.1, -0.05) is 0 Å². The van der Waals surface area contributed by atoms with Gasteiger partial charge < -0.3 is 24.7 Å². The van der Waals surface area contributed by atoms with Gasteiger partial charge in [0.25, 0.3) is 0 Å². The van der Waals surface area contributed by atoms with Gasteiger partial charge in [-0.25, -0.2) is 8.42 Å². The van der Waals surface area contributed by atoms with E-state index in [2.05, 4.69) is 0 Å². The monoisotopic (exact) mass is 393 g/mol. The minimum atomic E-state index is -3.61. The average molecular weight is 393 g/mol. The number of rotatable bonds is 8. The summed E-state index contributed by atoms with van der Waals surface area (Å²) in [5, 5.41) is 1.11. The number of sulfone groups is 1. The van der Waals surface area contributed by atoms with Crippen molar-refractivity contribution in [1.82, 2.24) is 0 Å². The first-order chi connectivity index (χ1) is 12.8. The van der Waals surface area contributed by atoms with Gasteiger partial charge in [0.2, 0.25) is 0 Å². The van der Waals surface area contributed by atoms with Gasteiger partial charge in [-0.3, -0.25) is 0 Å². The third-order valence-electron chi connectivity index (χ3n) is 3.86. The summed E-state index contributed by atoms with van der Waals surface area (Å²) in [6.45, 7) is 0. The van der Waals surface area contributed by atoms with Crippen molar-refractivity contribution in [1.29, 1.82) is 0 Å². The lowest BCUT2D eigenvalue weighted by atomic mass is 10.1. The highest BCUT2D eigenvalue weighted by molar-refractivity contribution is 7.93. The Morgan fingerprint density at radius 2 is 1.48 bits per heavy atom. The first kappa shape index (κ1) is 20.4. The zero-order chi connectivity index (χ0) is 20.0. The van der Waals surface area contributed by atoms with Crippen LogP contribution in [0.25, 0.3) is 6.08 Å². The molecule has 0 spiro atoms. The molecule has 0 bridgehead atoms. The van der Waals surface area contributed by atoms with E-state index in [9.17, 15) is 8.42 Å². The van der Waals surface area contributed by atoms with E-state index in [0.717, 1.165) is 5.41 Å². The fourth-order valence-electron chi connectivity index (χ4n) is 2.54. The van der Waals surface area contributed by atoms with Crippen LogP contribution in [0, 0.1) is 0 Å². The third kappa shape index (κ3) is 5.07. The van der Waals surface area contributed by atoms with Crippen LogP contribution >= 0.6 is 0 Å². The molecule has 0 aliphatic carbocycles. The molecule has 0 aromatic heterocycles. The van der Waals surface area contributed by atoms with Crippen LogP contribution in [0.15, 0.2) is 35.7 Å². The summed E-state index contributed by atoms with van der Waals surface area (Å²) < 4.78 is 46.2. The van der Waals surface area contributed by atoms with Crippen molar-refractivity contribution in [3.05, 3.63) is 46.9 Å². The van der Waals surface area contributed by atoms with Crippen molar-refractivity contribution < 1.29 is 27.4 Å². The fourth-order valence-corrected chi connectivity index (χ4v) is 3.64. The smallest absolute Gasteiger partial charge is 0.175 e. The molecule has 2 aromatic rings. The highest BCUT2D eigenvalue weighted by Crippen LogP contribution is 2.35. The van der Waals surface area contributed by atoms with Crippen molar-refractivity contribution in [3.8, 4) is 23.0 Å². The van der Waals surface area contributed by atoms with E-state index < -0.39 is 9.84 Å². The second kappa shape index (κ2) is 8.68. The minimum Gasteiger partial charge on any atom is -0.496 e. The first-order valence-corrected chi connectivity index (χ1v) is 9.68. The van der Waals surface area contributed by atoms with Crippen molar-refractivity contribution in [2.45, 2.75) is 5.75 Å². The van der Waals surface area contributed by atoms with Crippen LogP contribution in [0.4, 0.5) is 5.69 Å². The molecule has 2 aromatic carbocycles. The number of ether oxygens (including phenoxy) is 4. The Bertz CT molecular complexity index is 912. The highest BCUT2D eigenvalue weighted by atomic mass is 32.2. The van der Waals surface area contributed by atoms with Crippen LogP contribution in [-0.2, 0) is 15.6 Å². The Labute approximate surface area is 159 Å². The van der Waals surface area contributed by atoms with Crippen LogP contribution < -0.4 is 24.7 Å². The Balaban J connectivity index is 2.38. The summed E-state index contributed by atoms with van der Waals surface area (Å²) in [5.41, 5.74) is 7.19. The second-order valence-electron chi connectivity index (χ2n) is 5.63. The molecular formula is C19H23NO6S. The van der Waals surface area contributed by atoms with E-state index in [4.69, 9.17) is 24.7 Å².